The second kappa shape index (κ2) is 2.62. The van der Waals surface area contributed by atoms with E-state index in [0.29, 0.717) is 0 Å². The van der Waals surface area contributed by atoms with Gasteiger partial charge >= 0.3 is 5.82 Å². The number of aromatic nitrogens is 1. The van der Waals surface area contributed by atoms with Crippen LogP contribution >= 0.6 is 0 Å². The van der Waals surface area contributed by atoms with E-state index in [9.17, 15) is 10.1 Å². The van der Waals surface area contributed by atoms with Crippen LogP contribution < -0.4 is 0 Å². The molecule has 1 heterocycles. The summed E-state index contributed by atoms with van der Waals surface area (Å²) < 4.78 is 1.65. The van der Waals surface area contributed by atoms with Crippen LogP contribution in [0.15, 0.2) is 18.3 Å². The molecule has 0 aliphatic rings. The second-order valence-corrected chi connectivity index (χ2v) is 3.66. The molecule has 0 bridgehead atoms. The van der Waals surface area contributed by atoms with Crippen molar-refractivity contribution >= 4 is 5.82 Å². The Morgan fingerprint density at radius 2 is 2.08 bits per heavy atom. The maximum atomic E-state index is 10.5. The van der Waals surface area contributed by atoms with Gasteiger partial charge in [0.2, 0.25) is 0 Å². The molecule has 0 aliphatic carbocycles. The Balaban J connectivity index is 3.17. The van der Waals surface area contributed by atoms with Crippen LogP contribution in [0.1, 0.15) is 20.8 Å². The molecule has 0 saturated carbocycles. The number of rotatable bonds is 1. The molecule has 4 nitrogen and oxygen atoms in total. The largest absolute Gasteiger partial charge is 0.358 e. The molecule has 66 valence electrons. The van der Waals surface area contributed by atoms with E-state index in [2.05, 4.69) is 0 Å². The van der Waals surface area contributed by atoms with Gasteiger partial charge in [-0.3, -0.25) is 0 Å². The van der Waals surface area contributed by atoms with Gasteiger partial charge in [-0.1, -0.05) is 0 Å². The first-order chi connectivity index (χ1) is 5.43. The van der Waals surface area contributed by atoms with Crippen molar-refractivity contribution in [3.8, 4) is 0 Å². The Kier molecular flexibility index (Phi) is 1.92. The molecule has 0 atom stereocenters. The summed E-state index contributed by atoms with van der Waals surface area (Å²) in [4.78, 5) is 10.1. The van der Waals surface area contributed by atoms with Crippen molar-refractivity contribution in [1.29, 1.82) is 0 Å². The third-order valence-electron chi connectivity index (χ3n) is 1.64. The summed E-state index contributed by atoms with van der Waals surface area (Å²) in [5.74, 6) is 0.141. The summed E-state index contributed by atoms with van der Waals surface area (Å²) in [6.45, 7) is 5.79. The standard InChI is InChI=1S/C8H12N2O2/c1-8(2,3)9-6-4-5-7(9)10(11)12/h4-6H,1-3H3. The van der Waals surface area contributed by atoms with Crippen molar-refractivity contribution < 1.29 is 4.92 Å². The molecule has 12 heavy (non-hydrogen) atoms. The summed E-state index contributed by atoms with van der Waals surface area (Å²) in [6.07, 6.45) is 1.72. The minimum absolute atomic E-state index is 0.141. The first-order valence-electron chi connectivity index (χ1n) is 3.75. The van der Waals surface area contributed by atoms with E-state index < -0.39 is 0 Å². The van der Waals surface area contributed by atoms with Crippen LogP contribution in [0.5, 0.6) is 0 Å². The molecule has 0 unspecified atom stereocenters. The highest BCUT2D eigenvalue weighted by atomic mass is 16.6. The van der Waals surface area contributed by atoms with E-state index in [0.717, 1.165) is 0 Å². The summed E-state index contributed by atoms with van der Waals surface area (Å²) in [5.41, 5.74) is -0.230. The molecule has 1 rings (SSSR count). The summed E-state index contributed by atoms with van der Waals surface area (Å²) in [6, 6.07) is 3.19. The predicted molar refractivity (Wildman–Crippen MR) is 46.1 cm³/mol. The molecule has 0 saturated heterocycles. The molecule has 0 aliphatic heterocycles. The van der Waals surface area contributed by atoms with E-state index in [1.807, 2.05) is 20.8 Å². The topological polar surface area (TPSA) is 48.1 Å². The SMILES string of the molecule is CC(C)(C)n1cccc1[N+](=O)[O-]. The van der Waals surface area contributed by atoms with Crippen LogP contribution in [0.4, 0.5) is 5.82 Å². The minimum atomic E-state index is -0.370. The van der Waals surface area contributed by atoms with Gasteiger partial charge in [0, 0.05) is 6.07 Å². The number of hydrogen-bond acceptors (Lipinski definition) is 2. The minimum Gasteiger partial charge on any atom is -0.358 e. The molecule has 4 heteroatoms. The highest BCUT2D eigenvalue weighted by Crippen LogP contribution is 2.22. The Morgan fingerprint density at radius 1 is 1.50 bits per heavy atom. The van der Waals surface area contributed by atoms with Gasteiger partial charge in [0.05, 0.1) is 6.20 Å². The van der Waals surface area contributed by atoms with E-state index in [1.165, 1.54) is 6.07 Å². The molecule has 0 N–H and O–H groups in total. The predicted octanol–water partition coefficient (Wildman–Crippen LogP) is 2.15. The molecule has 0 radical (unpaired) electrons. The van der Waals surface area contributed by atoms with Crippen molar-refractivity contribution in [2.75, 3.05) is 0 Å². The molecule has 1 aromatic rings. The van der Waals surface area contributed by atoms with Crippen molar-refractivity contribution in [2.24, 2.45) is 0 Å². The fourth-order valence-electron chi connectivity index (χ4n) is 1.09. The normalized spacial score (nSPS) is 11.6. The van der Waals surface area contributed by atoms with Gasteiger partial charge in [0.15, 0.2) is 0 Å². The quantitative estimate of drug-likeness (QED) is 0.476. The lowest BCUT2D eigenvalue weighted by molar-refractivity contribution is -0.393. The third kappa shape index (κ3) is 1.47. The average Bonchev–Trinajstić information content (AvgIpc) is 2.30. The van der Waals surface area contributed by atoms with Crippen molar-refractivity contribution in [3.63, 3.8) is 0 Å². The maximum absolute atomic E-state index is 10.5. The zero-order valence-electron chi connectivity index (χ0n) is 7.44. The molecular formula is C8H12N2O2. The number of nitro groups is 1. The van der Waals surface area contributed by atoms with Crippen LogP contribution in [0.3, 0.4) is 0 Å². The second-order valence-electron chi connectivity index (χ2n) is 3.66. The highest BCUT2D eigenvalue weighted by Gasteiger charge is 2.23. The molecule has 0 spiro atoms. The van der Waals surface area contributed by atoms with Crippen LogP contribution in [0.2, 0.25) is 0 Å². The Labute approximate surface area is 71.0 Å². The van der Waals surface area contributed by atoms with Gasteiger partial charge in [-0.15, -0.1) is 0 Å². The summed E-state index contributed by atoms with van der Waals surface area (Å²) in [5, 5.41) is 10.5. The van der Waals surface area contributed by atoms with E-state index in [-0.39, 0.29) is 16.3 Å². The lowest BCUT2D eigenvalue weighted by Gasteiger charge is -2.16. The molecule has 0 amide bonds. The fourth-order valence-corrected chi connectivity index (χ4v) is 1.09. The Morgan fingerprint density at radius 3 is 2.42 bits per heavy atom. The Bertz CT molecular complexity index is 296. The van der Waals surface area contributed by atoms with Gasteiger partial charge in [-0.2, -0.15) is 0 Å². The van der Waals surface area contributed by atoms with Crippen molar-refractivity contribution in [1.82, 2.24) is 4.57 Å². The van der Waals surface area contributed by atoms with E-state index in [1.54, 1.807) is 16.8 Å². The summed E-state index contributed by atoms with van der Waals surface area (Å²) >= 11 is 0. The molecular weight excluding hydrogens is 156 g/mol. The van der Waals surface area contributed by atoms with Crippen LogP contribution in [0, 0.1) is 10.1 Å². The van der Waals surface area contributed by atoms with Gasteiger partial charge in [0.1, 0.15) is 5.54 Å². The van der Waals surface area contributed by atoms with Crippen LogP contribution in [-0.2, 0) is 5.54 Å². The zero-order chi connectivity index (χ0) is 9.35. The number of hydrogen-bond donors (Lipinski definition) is 0. The zero-order valence-corrected chi connectivity index (χ0v) is 7.44. The van der Waals surface area contributed by atoms with Gasteiger partial charge in [-0.05, 0) is 31.8 Å². The van der Waals surface area contributed by atoms with Gasteiger partial charge < -0.3 is 10.1 Å². The third-order valence-corrected chi connectivity index (χ3v) is 1.64. The first-order valence-corrected chi connectivity index (χ1v) is 3.75. The summed E-state index contributed by atoms with van der Waals surface area (Å²) in [7, 11) is 0. The lowest BCUT2D eigenvalue weighted by Crippen LogP contribution is -2.22. The first kappa shape index (κ1) is 8.77. The number of nitrogens with zero attached hydrogens (tertiary/aromatic N) is 2. The fraction of sp³-hybridized carbons (Fsp3) is 0.500. The van der Waals surface area contributed by atoms with Gasteiger partial charge in [0.25, 0.3) is 0 Å². The monoisotopic (exact) mass is 168 g/mol. The smallest absolute Gasteiger partial charge is 0.323 e. The van der Waals surface area contributed by atoms with Crippen LogP contribution in [-0.4, -0.2) is 9.49 Å². The van der Waals surface area contributed by atoms with E-state index in [4.69, 9.17) is 0 Å². The molecule has 0 aromatic carbocycles. The van der Waals surface area contributed by atoms with E-state index >= 15 is 0 Å². The van der Waals surface area contributed by atoms with Gasteiger partial charge in [-0.25, -0.2) is 4.57 Å². The van der Waals surface area contributed by atoms with Crippen molar-refractivity contribution in [2.45, 2.75) is 26.3 Å². The average molecular weight is 168 g/mol. The van der Waals surface area contributed by atoms with Crippen LogP contribution in [0.25, 0.3) is 0 Å². The maximum Gasteiger partial charge on any atom is 0.323 e. The Hall–Kier alpha value is -1.32. The molecule has 0 fully saturated rings. The van der Waals surface area contributed by atoms with Crippen molar-refractivity contribution in [3.05, 3.63) is 28.4 Å². The lowest BCUT2D eigenvalue weighted by atomic mass is 10.1. The molecule has 1 aromatic heterocycles. The highest BCUT2D eigenvalue weighted by molar-refractivity contribution is 5.23.